The number of rotatable bonds is 5. The van der Waals surface area contributed by atoms with Gasteiger partial charge in [-0.15, -0.1) is 0 Å². The number of hydrogen-bond acceptors (Lipinski definition) is 3. The molecular weight excluding hydrogens is 258 g/mol. The first-order valence-corrected chi connectivity index (χ1v) is 7.57. The van der Waals surface area contributed by atoms with Crippen molar-refractivity contribution in [3.05, 3.63) is 0 Å². The van der Waals surface area contributed by atoms with Crippen molar-refractivity contribution in [2.45, 2.75) is 45.2 Å². The van der Waals surface area contributed by atoms with Crippen molar-refractivity contribution in [1.29, 1.82) is 0 Å². The van der Waals surface area contributed by atoms with Crippen LogP contribution < -0.4 is 0 Å². The van der Waals surface area contributed by atoms with E-state index in [1.807, 2.05) is 14.7 Å². The Morgan fingerprint density at radius 3 is 2.30 bits per heavy atom. The van der Waals surface area contributed by atoms with E-state index < -0.39 is 12.0 Å². The van der Waals surface area contributed by atoms with Crippen LogP contribution in [0.4, 0.5) is 4.79 Å². The molecule has 1 unspecified atom stereocenters. The highest BCUT2D eigenvalue weighted by Gasteiger charge is 2.35. The standard InChI is InChI=1S/C14H25N3O3/c1-3-6-17(12-4-5-12)14(20)16-9-7-15(8-10-16)11(2)13(18)19/h11-12H,3-10H2,1-2H3,(H,18,19). The highest BCUT2D eigenvalue weighted by Crippen LogP contribution is 2.28. The molecule has 2 rings (SSSR count). The van der Waals surface area contributed by atoms with E-state index in [4.69, 9.17) is 5.11 Å². The predicted molar refractivity (Wildman–Crippen MR) is 75.7 cm³/mol. The summed E-state index contributed by atoms with van der Waals surface area (Å²) < 4.78 is 0. The van der Waals surface area contributed by atoms with Crippen molar-refractivity contribution in [2.75, 3.05) is 32.7 Å². The quantitative estimate of drug-likeness (QED) is 0.820. The molecule has 0 bridgehead atoms. The minimum absolute atomic E-state index is 0.136. The van der Waals surface area contributed by atoms with Crippen LogP contribution in [0.2, 0.25) is 0 Å². The highest BCUT2D eigenvalue weighted by molar-refractivity contribution is 5.75. The van der Waals surface area contributed by atoms with Gasteiger partial charge in [0.05, 0.1) is 0 Å². The Balaban J connectivity index is 1.86. The van der Waals surface area contributed by atoms with Crippen LogP contribution in [-0.4, -0.2) is 76.6 Å². The van der Waals surface area contributed by atoms with Gasteiger partial charge in [0.15, 0.2) is 0 Å². The summed E-state index contributed by atoms with van der Waals surface area (Å²) in [7, 11) is 0. The second-order valence-corrected chi connectivity index (χ2v) is 5.74. The first kappa shape index (κ1) is 15.1. The lowest BCUT2D eigenvalue weighted by Gasteiger charge is -2.39. The van der Waals surface area contributed by atoms with Crippen LogP contribution in [0.15, 0.2) is 0 Å². The molecule has 1 atom stereocenters. The molecule has 0 aromatic carbocycles. The molecule has 114 valence electrons. The SMILES string of the molecule is CCCN(C(=O)N1CCN(C(C)C(=O)O)CC1)C1CC1. The summed E-state index contributed by atoms with van der Waals surface area (Å²) in [4.78, 5) is 29.3. The predicted octanol–water partition coefficient (Wildman–Crippen LogP) is 1.07. The lowest BCUT2D eigenvalue weighted by atomic mass is 10.2. The molecule has 2 aliphatic rings. The molecule has 0 radical (unpaired) electrons. The molecule has 6 heteroatoms. The van der Waals surface area contributed by atoms with Gasteiger partial charge in [-0.3, -0.25) is 9.69 Å². The largest absolute Gasteiger partial charge is 0.480 e. The fourth-order valence-corrected chi connectivity index (χ4v) is 2.70. The van der Waals surface area contributed by atoms with Gasteiger partial charge in [-0.2, -0.15) is 0 Å². The third-order valence-corrected chi connectivity index (χ3v) is 4.19. The van der Waals surface area contributed by atoms with Crippen molar-refractivity contribution >= 4 is 12.0 Å². The maximum Gasteiger partial charge on any atom is 0.320 e. The molecule has 20 heavy (non-hydrogen) atoms. The van der Waals surface area contributed by atoms with Gasteiger partial charge >= 0.3 is 12.0 Å². The number of carbonyl (C=O) groups is 2. The maximum atomic E-state index is 12.5. The van der Waals surface area contributed by atoms with Crippen molar-refractivity contribution in [3.63, 3.8) is 0 Å². The zero-order valence-corrected chi connectivity index (χ0v) is 12.4. The monoisotopic (exact) mass is 283 g/mol. The average Bonchev–Trinajstić information content (AvgIpc) is 3.28. The first-order chi connectivity index (χ1) is 9.54. The van der Waals surface area contributed by atoms with Crippen molar-refractivity contribution < 1.29 is 14.7 Å². The van der Waals surface area contributed by atoms with Crippen LogP contribution in [0.5, 0.6) is 0 Å². The summed E-state index contributed by atoms with van der Waals surface area (Å²) in [5, 5.41) is 9.02. The molecule has 1 saturated heterocycles. The van der Waals surface area contributed by atoms with Crippen LogP contribution in [0.1, 0.15) is 33.1 Å². The number of aliphatic carboxylic acids is 1. The molecule has 1 N–H and O–H groups in total. The smallest absolute Gasteiger partial charge is 0.320 e. The number of carboxylic acid groups (broad SMARTS) is 1. The Hall–Kier alpha value is -1.30. The number of hydrogen-bond donors (Lipinski definition) is 1. The van der Waals surface area contributed by atoms with E-state index in [0.29, 0.717) is 32.2 Å². The Morgan fingerprint density at radius 2 is 1.85 bits per heavy atom. The van der Waals surface area contributed by atoms with E-state index in [0.717, 1.165) is 25.8 Å². The Morgan fingerprint density at radius 1 is 1.25 bits per heavy atom. The molecule has 0 aromatic rings. The minimum atomic E-state index is -0.796. The fraction of sp³-hybridized carbons (Fsp3) is 0.857. The Bertz CT molecular complexity index is 363. The van der Waals surface area contributed by atoms with Crippen LogP contribution in [0, 0.1) is 0 Å². The normalized spacial score (nSPS) is 21.6. The Labute approximate surface area is 120 Å². The topological polar surface area (TPSA) is 64.1 Å². The number of carbonyl (C=O) groups excluding carboxylic acids is 1. The van der Waals surface area contributed by atoms with Crippen LogP contribution in [0.25, 0.3) is 0 Å². The number of piperazine rings is 1. The molecule has 2 fully saturated rings. The highest BCUT2D eigenvalue weighted by atomic mass is 16.4. The minimum Gasteiger partial charge on any atom is -0.480 e. The summed E-state index contributed by atoms with van der Waals surface area (Å²) in [6.45, 7) is 7.16. The van der Waals surface area contributed by atoms with Crippen molar-refractivity contribution in [1.82, 2.24) is 14.7 Å². The third kappa shape index (κ3) is 3.42. The van der Waals surface area contributed by atoms with Crippen molar-refractivity contribution in [2.24, 2.45) is 0 Å². The summed E-state index contributed by atoms with van der Waals surface area (Å²) >= 11 is 0. The van der Waals surface area contributed by atoms with E-state index in [1.165, 1.54) is 0 Å². The van der Waals surface area contributed by atoms with Gasteiger partial charge in [-0.25, -0.2) is 4.79 Å². The van der Waals surface area contributed by atoms with Gasteiger partial charge in [0.1, 0.15) is 6.04 Å². The summed E-state index contributed by atoms with van der Waals surface area (Å²) in [6, 6.07) is 0.109. The van der Waals surface area contributed by atoms with Crippen molar-refractivity contribution in [3.8, 4) is 0 Å². The molecule has 0 spiro atoms. The van der Waals surface area contributed by atoms with E-state index in [2.05, 4.69) is 6.92 Å². The molecule has 1 heterocycles. The lowest BCUT2D eigenvalue weighted by molar-refractivity contribution is -0.143. The molecule has 0 aromatic heterocycles. The van der Waals surface area contributed by atoms with E-state index in [1.54, 1.807) is 6.92 Å². The van der Waals surface area contributed by atoms with Gasteiger partial charge < -0.3 is 14.9 Å². The zero-order valence-electron chi connectivity index (χ0n) is 12.4. The molecule has 2 amide bonds. The van der Waals surface area contributed by atoms with E-state index in [9.17, 15) is 9.59 Å². The second-order valence-electron chi connectivity index (χ2n) is 5.74. The van der Waals surface area contributed by atoms with Crippen LogP contribution in [0.3, 0.4) is 0 Å². The zero-order chi connectivity index (χ0) is 14.7. The fourth-order valence-electron chi connectivity index (χ4n) is 2.70. The number of amides is 2. The maximum absolute atomic E-state index is 12.5. The summed E-state index contributed by atoms with van der Waals surface area (Å²) in [5.41, 5.74) is 0. The Kier molecular flexibility index (Phi) is 4.86. The molecule has 1 saturated carbocycles. The molecular formula is C14H25N3O3. The van der Waals surface area contributed by atoms with E-state index >= 15 is 0 Å². The van der Waals surface area contributed by atoms with Crippen LogP contribution >= 0.6 is 0 Å². The van der Waals surface area contributed by atoms with Gasteiger partial charge in [0.25, 0.3) is 0 Å². The molecule has 1 aliphatic carbocycles. The van der Waals surface area contributed by atoms with Gasteiger partial charge in [0.2, 0.25) is 0 Å². The second kappa shape index (κ2) is 6.43. The number of urea groups is 1. The summed E-state index contributed by atoms with van der Waals surface area (Å²) in [6.07, 6.45) is 3.24. The summed E-state index contributed by atoms with van der Waals surface area (Å²) in [5.74, 6) is -0.796. The molecule has 6 nitrogen and oxygen atoms in total. The van der Waals surface area contributed by atoms with Gasteiger partial charge in [0, 0.05) is 38.8 Å². The molecule has 1 aliphatic heterocycles. The van der Waals surface area contributed by atoms with Gasteiger partial charge in [-0.1, -0.05) is 6.92 Å². The van der Waals surface area contributed by atoms with Gasteiger partial charge in [-0.05, 0) is 26.2 Å². The van der Waals surface area contributed by atoms with Crippen LogP contribution in [-0.2, 0) is 4.79 Å². The average molecular weight is 283 g/mol. The number of carboxylic acids is 1. The van der Waals surface area contributed by atoms with E-state index in [-0.39, 0.29) is 6.03 Å². The first-order valence-electron chi connectivity index (χ1n) is 7.57. The number of nitrogens with zero attached hydrogens (tertiary/aromatic N) is 3. The third-order valence-electron chi connectivity index (χ3n) is 4.19. The lowest BCUT2D eigenvalue weighted by Crippen LogP contribution is -2.56.